The van der Waals surface area contributed by atoms with Gasteiger partial charge in [-0.2, -0.15) is 0 Å². The Morgan fingerprint density at radius 1 is 0.136 bits per heavy atom. The van der Waals surface area contributed by atoms with Gasteiger partial charge in [-0.3, -0.25) is 0 Å². The summed E-state index contributed by atoms with van der Waals surface area (Å²) in [7, 11) is 0. The van der Waals surface area contributed by atoms with Crippen LogP contribution < -0.4 is 14.7 Å². The molecule has 0 spiro atoms. The number of hydrogen-bond acceptors (Lipinski definition) is 3. The van der Waals surface area contributed by atoms with Gasteiger partial charge in [-0.15, -0.1) is 0 Å². The van der Waals surface area contributed by atoms with Crippen molar-refractivity contribution in [3.8, 4) is 134 Å². The third-order valence-electron chi connectivity index (χ3n) is 29.3. The summed E-state index contributed by atoms with van der Waals surface area (Å²) in [5, 5.41) is 0. The molecule has 21 aromatic rings. The van der Waals surface area contributed by atoms with E-state index in [1.807, 2.05) is 0 Å². The molecule has 0 amide bonds. The maximum Gasteiger partial charge on any atom is 0.0467 e. The lowest BCUT2D eigenvalue weighted by Crippen LogP contribution is -2.23. The van der Waals surface area contributed by atoms with E-state index in [2.05, 4.69) is 584 Å². The molecule has 0 aromatic heterocycles. The number of nitrogens with zero attached hydrogens (tertiary/aromatic N) is 3. The van der Waals surface area contributed by atoms with Crippen molar-refractivity contribution in [2.75, 3.05) is 14.7 Å². The highest BCUT2D eigenvalue weighted by Gasteiger charge is 2.42. The minimum absolute atomic E-state index is 0.00919. The van der Waals surface area contributed by atoms with Crippen LogP contribution in [0.4, 0.5) is 51.2 Å². The van der Waals surface area contributed by atoms with Crippen LogP contribution in [0, 0.1) is 0 Å². The number of benzene rings is 21. The molecule has 0 aliphatic heterocycles. The first-order chi connectivity index (χ1) is 68.8. The lowest BCUT2D eigenvalue weighted by molar-refractivity contribution is 0.490. The maximum absolute atomic E-state index is 2.47. The van der Waals surface area contributed by atoms with Crippen LogP contribution in [0.3, 0.4) is 0 Å². The van der Waals surface area contributed by atoms with Gasteiger partial charge in [0.25, 0.3) is 0 Å². The Kier molecular flexibility index (Phi) is 24.2. The molecule has 672 valence electrons. The van der Waals surface area contributed by atoms with E-state index in [1.54, 1.807) is 0 Å². The number of hydrogen-bond donors (Lipinski definition) is 0. The molecule has 0 radical (unpaired) electrons. The van der Waals surface area contributed by atoms with E-state index in [1.165, 1.54) is 173 Å². The van der Waals surface area contributed by atoms with Crippen molar-refractivity contribution in [2.45, 2.75) is 70.6 Å². The summed E-state index contributed by atoms with van der Waals surface area (Å²) >= 11 is 0. The third kappa shape index (κ3) is 17.0. The summed E-state index contributed by atoms with van der Waals surface area (Å²) in [6.45, 7) is 14.1. The van der Waals surface area contributed by atoms with Crippen molar-refractivity contribution in [1.29, 1.82) is 0 Å². The molecule has 0 N–H and O–H groups in total. The molecule has 24 rings (SSSR count). The summed E-state index contributed by atoms with van der Waals surface area (Å²) in [6.07, 6.45) is 2.14. The SMILES string of the molecule is CC1(C)c2ccccc2-c2ccc(N(c3ccc(-c4cccc(-c5ccccc5)c4)cc3)c3cccc(-c4ccccc4)c3)cc21.CC1(C)c2ccccc2-c2ccc(N(c3ccc(-c4ccccc4-c4ccccc4)cc3)c3cccc(-c4ccccc4)c3)cc21.CCC1(CC)c2ccccc2-c2ccc(N(c3ccc(-c4ccc(-c5ccccc5)cc4)cc3)c3cccc(-c4ccccc4)c3)cc21. The fourth-order valence-electron chi connectivity index (χ4n) is 22.0. The summed E-state index contributed by atoms with van der Waals surface area (Å²) < 4.78 is 0. The lowest BCUT2D eigenvalue weighted by Gasteiger charge is -2.32. The summed E-state index contributed by atoms with van der Waals surface area (Å²) in [5.74, 6) is 0. The normalized spacial score (nSPS) is 12.7. The summed E-state index contributed by atoms with van der Waals surface area (Å²) in [5.41, 5.74) is 48.5. The number of anilines is 9. The van der Waals surface area contributed by atoms with Crippen molar-refractivity contribution < 1.29 is 0 Å². The van der Waals surface area contributed by atoms with Crippen LogP contribution in [0.25, 0.3) is 134 Å². The quantitative estimate of drug-likeness (QED) is 0.0753. The second-order valence-electron chi connectivity index (χ2n) is 38.1. The Morgan fingerprint density at radius 3 is 0.671 bits per heavy atom. The van der Waals surface area contributed by atoms with Crippen LogP contribution in [0.15, 0.2) is 528 Å². The van der Waals surface area contributed by atoms with Gasteiger partial charge in [0, 0.05) is 67.4 Å². The predicted molar refractivity (Wildman–Crippen MR) is 594 cm³/mol. The average molecular weight is 1800 g/mol. The molecule has 0 unspecified atom stereocenters. The van der Waals surface area contributed by atoms with Gasteiger partial charge >= 0.3 is 0 Å². The van der Waals surface area contributed by atoms with Crippen LogP contribution in [0.2, 0.25) is 0 Å². The van der Waals surface area contributed by atoms with Gasteiger partial charge in [0.2, 0.25) is 0 Å². The zero-order valence-corrected chi connectivity index (χ0v) is 80.0. The molecule has 3 aliphatic carbocycles. The van der Waals surface area contributed by atoms with Crippen molar-refractivity contribution in [1.82, 2.24) is 0 Å². The zero-order chi connectivity index (χ0) is 94.7. The first-order valence-corrected chi connectivity index (χ1v) is 49.2. The lowest BCUT2D eigenvalue weighted by atomic mass is 9.74. The van der Waals surface area contributed by atoms with Gasteiger partial charge in [0.15, 0.2) is 0 Å². The van der Waals surface area contributed by atoms with E-state index in [-0.39, 0.29) is 16.2 Å². The fraction of sp³-hybridized carbons (Fsp3) is 0.0803. The molecular formula is C137H109N3. The Bertz CT molecular complexity index is 8000. The maximum atomic E-state index is 2.47. The van der Waals surface area contributed by atoms with E-state index in [9.17, 15) is 0 Å². The largest absolute Gasteiger partial charge is 0.310 e. The predicted octanol–water partition coefficient (Wildman–Crippen LogP) is 38.2. The molecule has 0 saturated carbocycles. The summed E-state index contributed by atoms with van der Waals surface area (Å²) in [6, 6.07) is 192. The van der Waals surface area contributed by atoms with E-state index >= 15 is 0 Å². The molecule has 0 atom stereocenters. The van der Waals surface area contributed by atoms with Gasteiger partial charge in [0.05, 0.1) is 0 Å². The van der Waals surface area contributed by atoms with Gasteiger partial charge in [-0.25, -0.2) is 0 Å². The van der Waals surface area contributed by atoms with Crippen molar-refractivity contribution >= 4 is 51.2 Å². The number of rotatable bonds is 20. The standard InChI is InChI=1S/C47H39N.2C45H35N/c1-3-47(4-2)45-21-12-11-20-43(45)44-31-30-42(33-46(44)47)48(41-19-13-18-39(32-41)35-16-9-6-10-17-35)40-28-26-38(27-29-40)37-24-22-36(23-25-37)34-14-7-5-8-15-34;1-45(2)43-22-10-9-21-41(43)42-28-27-40(31-44(42)45)46(39-20-12-19-37(30-39)33-15-7-4-8-16-33)38-25-23-34(24-26-38)36-18-11-17-35(29-36)32-13-5-3-6-14-32;1-45(2)43-23-12-11-22-41(43)42-29-28-38(31-44(42)45)46(37-19-13-18-35(30-37)32-14-5-3-6-15-32)36-26-24-34(25-27-36)40-21-10-9-20-39(40)33-16-7-4-8-17-33/h5-33H,3-4H2,1-2H3;2*3-31H,1-2H3. The van der Waals surface area contributed by atoms with Crippen molar-refractivity contribution in [2.24, 2.45) is 0 Å². The van der Waals surface area contributed by atoms with E-state index < -0.39 is 0 Å². The smallest absolute Gasteiger partial charge is 0.0467 e. The van der Waals surface area contributed by atoms with E-state index in [4.69, 9.17) is 0 Å². The van der Waals surface area contributed by atoms with Gasteiger partial charge < -0.3 is 14.7 Å². The van der Waals surface area contributed by atoms with E-state index in [0.29, 0.717) is 0 Å². The van der Waals surface area contributed by atoms with E-state index in [0.717, 1.165) is 58.3 Å². The van der Waals surface area contributed by atoms with Gasteiger partial charge in [-0.05, 0) is 295 Å². The van der Waals surface area contributed by atoms with Crippen molar-refractivity contribution in [3.63, 3.8) is 0 Å². The molecule has 3 nitrogen and oxygen atoms in total. The third-order valence-corrected chi connectivity index (χ3v) is 29.3. The first-order valence-electron chi connectivity index (χ1n) is 49.2. The highest BCUT2D eigenvalue weighted by Crippen LogP contribution is 2.57. The zero-order valence-electron chi connectivity index (χ0n) is 80.0. The second kappa shape index (κ2) is 38.3. The molecule has 3 aliphatic rings. The summed E-state index contributed by atoms with van der Waals surface area (Å²) in [4.78, 5) is 7.22. The minimum Gasteiger partial charge on any atom is -0.310 e. The molecular weight excluding hydrogens is 1690 g/mol. The highest BCUT2D eigenvalue weighted by molar-refractivity contribution is 5.93. The molecule has 140 heavy (non-hydrogen) atoms. The van der Waals surface area contributed by atoms with Crippen LogP contribution in [0.5, 0.6) is 0 Å². The molecule has 0 fully saturated rings. The van der Waals surface area contributed by atoms with Gasteiger partial charge in [0.1, 0.15) is 0 Å². The van der Waals surface area contributed by atoms with Crippen molar-refractivity contribution in [3.05, 3.63) is 561 Å². The Labute approximate surface area is 825 Å². The molecule has 0 heterocycles. The highest BCUT2D eigenvalue weighted by atomic mass is 15.2. The topological polar surface area (TPSA) is 9.72 Å². The first kappa shape index (κ1) is 88.3. The monoisotopic (exact) mass is 1800 g/mol. The molecule has 3 heteroatoms. The van der Waals surface area contributed by atoms with Crippen LogP contribution in [0.1, 0.15) is 87.8 Å². The Morgan fingerprint density at radius 2 is 0.336 bits per heavy atom. The fourth-order valence-corrected chi connectivity index (χ4v) is 22.0. The second-order valence-corrected chi connectivity index (χ2v) is 38.1. The molecule has 21 aromatic carbocycles. The van der Waals surface area contributed by atoms with Crippen LogP contribution in [-0.4, -0.2) is 0 Å². The number of fused-ring (bicyclic) bond motifs is 9. The average Bonchev–Trinajstić information content (AvgIpc) is 1.56. The Hall–Kier alpha value is -17.0. The van der Waals surface area contributed by atoms with Gasteiger partial charge in [-0.1, -0.05) is 454 Å². The van der Waals surface area contributed by atoms with Crippen LogP contribution in [-0.2, 0) is 16.2 Å². The minimum atomic E-state index is -0.0789. The Balaban J connectivity index is 0.000000121. The molecule has 0 saturated heterocycles. The van der Waals surface area contributed by atoms with Crippen LogP contribution >= 0.6 is 0 Å². The molecule has 0 bridgehead atoms.